The van der Waals surface area contributed by atoms with Crippen molar-refractivity contribution in [2.45, 2.75) is 12.5 Å². The lowest BCUT2D eigenvalue weighted by Gasteiger charge is -2.13. The predicted octanol–water partition coefficient (Wildman–Crippen LogP) is 3.73. The Balaban J connectivity index is 2.13. The maximum absolute atomic E-state index is 13.7. The van der Waals surface area contributed by atoms with E-state index in [1.807, 2.05) is 24.3 Å². The summed E-state index contributed by atoms with van der Waals surface area (Å²) in [5.74, 6) is 0.449. The summed E-state index contributed by atoms with van der Waals surface area (Å²) in [5, 5.41) is 0.388. The maximum atomic E-state index is 13.7. The second-order valence-corrected chi connectivity index (χ2v) is 4.76. The summed E-state index contributed by atoms with van der Waals surface area (Å²) >= 11 is 5.72. The van der Waals surface area contributed by atoms with E-state index in [0.717, 1.165) is 11.3 Å². The lowest BCUT2D eigenvalue weighted by atomic mass is 9.99. The Kier molecular flexibility index (Phi) is 4.40. The first-order valence-corrected chi connectivity index (χ1v) is 6.31. The van der Waals surface area contributed by atoms with Gasteiger partial charge < -0.3 is 10.5 Å². The number of halogens is 2. The third kappa shape index (κ3) is 3.46. The molecule has 0 saturated carbocycles. The minimum absolute atomic E-state index is 0.262. The Hall–Kier alpha value is -1.58. The summed E-state index contributed by atoms with van der Waals surface area (Å²) < 4.78 is 18.8. The molecule has 0 aliphatic heterocycles. The van der Waals surface area contributed by atoms with Crippen molar-refractivity contribution in [3.8, 4) is 5.75 Å². The van der Waals surface area contributed by atoms with Crippen molar-refractivity contribution in [1.29, 1.82) is 0 Å². The van der Waals surface area contributed by atoms with Crippen LogP contribution in [-0.4, -0.2) is 7.11 Å². The van der Waals surface area contributed by atoms with E-state index < -0.39 is 0 Å². The number of hydrogen-bond donors (Lipinski definition) is 1. The normalized spacial score (nSPS) is 12.2. The minimum atomic E-state index is -0.323. The molecule has 0 aromatic heterocycles. The van der Waals surface area contributed by atoms with E-state index in [2.05, 4.69) is 0 Å². The van der Waals surface area contributed by atoms with E-state index in [1.54, 1.807) is 19.2 Å². The van der Waals surface area contributed by atoms with Gasteiger partial charge >= 0.3 is 0 Å². The first kappa shape index (κ1) is 13.8. The van der Waals surface area contributed by atoms with Crippen LogP contribution in [0.25, 0.3) is 0 Å². The molecule has 2 aromatic rings. The lowest BCUT2D eigenvalue weighted by Crippen LogP contribution is -2.14. The Morgan fingerprint density at radius 1 is 1.21 bits per heavy atom. The summed E-state index contributed by atoms with van der Waals surface area (Å²) in [6, 6.07) is 11.8. The van der Waals surface area contributed by atoms with Crippen LogP contribution in [0.15, 0.2) is 42.5 Å². The highest BCUT2D eigenvalue weighted by atomic mass is 35.5. The van der Waals surface area contributed by atoms with E-state index in [0.29, 0.717) is 17.0 Å². The third-order valence-electron chi connectivity index (χ3n) is 3.00. The topological polar surface area (TPSA) is 35.2 Å². The van der Waals surface area contributed by atoms with Crippen molar-refractivity contribution in [2.24, 2.45) is 5.73 Å². The quantitative estimate of drug-likeness (QED) is 0.925. The van der Waals surface area contributed by atoms with Crippen LogP contribution in [0.2, 0.25) is 5.02 Å². The van der Waals surface area contributed by atoms with Gasteiger partial charge in [-0.15, -0.1) is 0 Å². The van der Waals surface area contributed by atoms with E-state index in [1.165, 1.54) is 6.07 Å². The van der Waals surface area contributed by atoms with Crippen LogP contribution in [0.5, 0.6) is 5.75 Å². The summed E-state index contributed by atoms with van der Waals surface area (Å²) in [4.78, 5) is 0. The van der Waals surface area contributed by atoms with Crippen LogP contribution in [0.1, 0.15) is 17.2 Å². The van der Waals surface area contributed by atoms with Gasteiger partial charge in [0.15, 0.2) is 0 Å². The van der Waals surface area contributed by atoms with E-state index in [9.17, 15) is 4.39 Å². The van der Waals surface area contributed by atoms with E-state index in [4.69, 9.17) is 22.1 Å². The first-order chi connectivity index (χ1) is 9.10. The molecule has 0 aliphatic rings. The number of rotatable bonds is 4. The van der Waals surface area contributed by atoms with Gasteiger partial charge in [0.25, 0.3) is 0 Å². The highest BCUT2D eigenvalue weighted by Crippen LogP contribution is 2.22. The van der Waals surface area contributed by atoms with Gasteiger partial charge in [0, 0.05) is 11.1 Å². The highest BCUT2D eigenvalue weighted by molar-refractivity contribution is 6.30. The molecule has 0 bridgehead atoms. The van der Waals surface area contributed by atoms with Crippen LogP contribution < -0.4 is 10.5 Å². The van der Waals surface area contributed by atoms with Crippen molar-refractivity contribution in [3.63, 3.8) is 0 Å². The first-order valence-electron chi connectivity index (χ1n) is 5.93. The minimum Gasteiger partial charge on any atom is -0.497 e. The summed E-state index contributed by atoms with van der Waals surface area (Å²) in [5.41, 5.74) is 7.59. The van der Waals surface area contributed by atoms with Crippen LogP contribution in [0.3, 0.4) is 0 Å². The standard InChI is InChI=1S/C15H15ClFNO/c1-19-13-6-3-10(4-7-13)15(18)8-11-2-5-12(16)9-14(11)17/h2-7,9,15H,8,18H2,1H3. The fraction of sp³-hybridized carbons (Fsp3) is 0.200. The molecule has 2 N–H and O–H groups in total. The van der Waals surface area contributed by atoms with Gasteiger partial charge in [-0.2, -0.15) is 0 Å². The zero-order chi connectivity index (χ0) is 13.8. The van der Waals surface area contributed by atoms with Gasteiger partial charge in [-0.25, -0.2) is 4.39 Å². The zero-order valence-corrected chi connectivity index (χ0v) is 11.3. The number of methoxy groups -OCH3 is 1. The SMILES string of the molecule is COc1ccc(C(N)Cc2ccc(Cl)cc2F)cc1. The zero-order valence-electron chi connectivity index (χ0n) is 10.6. The molecule has 0 amide bonds. The largest absolute Gasteiger partial charge is 0.497 e. The van der Waals surface area contributed by atoms with E-state index in [-0.39, 0.29) is 11.9 Å². The summed E-state index contributed by atoms with van der Waals surface area (Å²) in [6.45, 7) is 0. The molecule has 0 spiro atoms. The Bertz CT molecular complexity index is 557. The number of hydrogen-bond acceptors (Lipinski definition) is 2. The molecule has 0 radical (unpaired) electrons. The molecule has 19 heavy (non-hydrogen) atoms. The predicted molar refractivity (Wildman–Crippen MR) is 75.0 cm³/mol. The van der Waals surface area contributed by atoms with Gasteiger partial charge in [-0.3, -0.25) is 0 Å². The second kappa shape index (κ2) is 6.04. The molecule has 0 heterocycles. The van der Waals surface area contributed by atoms with Crippen molar-refractivity contribution in [1.82, 2.24) is 0 Å². The van der Waals surface area contributed by atoms with Gasteiger partial charge in [-0.05, 0) is 41.8 Å². The van der Waals surface area contributed by atoms with Gasteiger partial charge in [0.1, 0.15) is 11.6 Å². The molecule has 2 aromatic carbocycles. The molecular formula is C15H15ClFNO. The van der Waals surface area contributed by atoms with Crippen LogP contribution in [0, 0.1) is 5.82 Å². The van der Waals surface area contributed by atoms with Crippen LogP contribution >= 0.6 is 11.6 Å². The Labute approximate surface area is 117 Å². The van der Waals surface area contributed by atoms with Crippen molar-refractivity contribution >= 4 is 11.6 Å². The molecule has 1 atom stereocenters. The average molecular weight is 280 g/mol. The number of ether oxygens (including phenoxy) is 1. The van der Waals surface area contributed by atoms with E-state index >= 15 is 0 Å². The Morgan fingerprint density at radius 3 is 2.47 bits per heavy atom. The molecule has 4 heteroatoms. The molecule has 0 fully saturated rings. The van der Waals surface area contributed by atoms with Crippen LogP contribution in [0.4, 0.5) is 4.39 Å². The van der Waals surface area contributed by atoms with Crippen molar-refractivity contribution < 1.29 is 9.13 Å². The molecule has 0 saturated heterocycles. The molecule has 2 nitrogen and oxygen atoms in total. The number of benzene rings is 2. The average Bonchev–Trinajstić information content (AvgIpc) is 2.42. The van der Waals surface area contributed by atoms with Crippen molar-refractivity contribution in [2.75, 3.05) is 7.11 Å². The van der Waals surface area contributed by atoms with Crippen molar-refractivity contribution in [3.05, 3.63) is 64.4 Å². The summed E-state index contributed by atoms with van der Waals surface area (Å²) in [7, 11) is 1.61. The lowest BCUT2D eigenvalue weighted by molar-refractivity contribution is 0.414. The molecule has 2 rings (SSSR count). The Morgan fingerprint density at radius 2 is 1.89 bits per heavy atom. The van der Waals surface area contributed by atoms with Gasteiger partial charge in [0.2, 0.25) is 0 Å². The number of nitrogens with two attached hydrogens (primary N) is 1. The van der Waals surface area contributed by atoms with Crippen LogP contribution in [-0.2, 0) is 6.42 Å². The molecule has 100 valence electrons. The molecule has 0 aliphatic carbocycles. The smallest absolute Gasteiger partial charge is 0.127 e. The fourth-order valence-corrected chi connectivity index (χ4v) is 2.05. The maximum Gasteiger partial charge on any atom is 0.127 e. The molecule has 1 unspecified atom stereocenters. The highest BCUT2D eigenvalue weighted by Gasteiger charge is 2.11. The monoisotopic (exact) mass is 279 g/mol. The summed E-state index contributed by atoms with van der Waals surface area (Å²) in [6.07, 6.45) is 0.426. The fourth-order valence-electron chi connectivity index (χ4n) is 1.89. The second-order valence-electron chi connectivity index (χ2n) is 4.32. The third-order valence-corrected chi connectivity index (χ3v) is 3.23. The van der Waals surface area contributed by atoms with Gasteiger partial charge in [-0.1, -0.05) is 29.8 Å². The van der Waals surface area contributed by atoms with Gasteiger partial charge in [0.05, 0.1) is 7.11 Å². The molecular weight excluding hydrogens is 265 g/mol.